The van der Waals surface area contributed by atoms with Crippen molar-refractivity contribution >= 4 is 9.84 Å². The first-order valence-electron chi connectivity index (χ1n) is 7.56. The van der Waals surface area contributed by atoms with Crippen molar-refractivity contribution in [3.63, 3.8) is 0 Å². The molecule has 0 aliphatic rings. The van der Waals surface area contributed by atoms with Gasteiger partial charge in [0.1, 0.15) is 5.75 Å². The van der Waals surface area contributed by atoms with Crippen molar-refractivity contribution in [3.05, 3.63) is 53.4 Å². The van der Waals surface area contributed by atoms with Crippen LogP contribution in [0.25, 0.3) is 5.69 Å². The average molecular weight is 346 g/mol. The lowest BCUT2D eigenvalue weighted by Gasteiger charge is -2.12. The molecule has 7 nitrogen and oxygen atoms in total. The Balaban J connectivity index is 2.01. The van der Waals surface area contributed by atoms with Gasteiger partial charge in [0, 0.05) is 18.8 Å². The number of aryl methyl sites for hydroxylation is 2. The van der Waals surface area contributed by atoms with Crippen molar-refractivity contribution in [1.82, 2.24) is 19.7 Å². The van der Waals surface area contributed by atoms with Gasteiger partial charge < -0.3 is 4.52 Å². The molecule has 0 spiro atoms. The molecule has 0 aliphatic heterocycles. The van der Waals surface area contributed by atoms with Crippen LogP contribution in [0.2, 0.25) is 0 Å². The molecule has 24 heavy (non-hydrogen) atoms. The van der Waals surface area contributed by atoms with Gasteiger partial charge in [-0.1, -0.05) is 24.2 Å². The predicted molar refractivity (Wildman–Crippen MR) is 87.6 cm³/mol. The summed E-state index contributed by atoms with van der Waals surface area (Å²) in [5, 5.41) is 3.69. The molecular formula is C16H18N4O3S. The van der Waals surface area contributed by atoms with E-state index in [0.717, 1.165) is 16.8 Å². The van der Waals surface area contributed by atoms with E-state index in [1.165, 1.54) is 6.20 Å². The molecule has 0 amide bonds. The molecule has 2 aromatic heterocycles. The maximum absolute atomic E-state index is 12.7. The Morgan fingerprint density at radius 1 is 1.25 bits per heavy atom. The molecule has 3 aromatic rings. The zero-order valence-corrected chi connectivity index (χ0v) is 14.5. The van der Waals surface area contributed by atoms with E-state index >= 15 is 0 Å². The highest BCUT2D eigenvalue weighted by molar-refractivity contribution is 7.90. The summed E-state index contributed by atoms with van der Waals surface area (Å²) in [6.45, 7) is 5.80. The minimum Gasteiger partial charge on any atom is -0.338 e. The summed E-state index contributed by atoms with van der Waals surface area (Å²) >= 11 is 0. The van der Waals surface area contributed by atoms with Gasteiger partial charge in [-0.05, 0) is 31.0 Å². The molecule has 0 atom stereocenters. The van der Waals surface area contributed by atoms with E-state index in [0.29, 0.717) is 12.2 Å². The Morgan fingerprint density at radius 2 is 2.04 bits per heavy atom. The van der Waals surface area contributed by atoms with Crippen LogP contribution in [-0.2, 0) is 22.0 Å². The van der Waals surface area contributed by atoms with Crippen LogP contribution in [0.3, 0.4) is 0 Å². The van der Waals surface area contributed by atoms with E-state index in [9.17, 15) is 8.42 Å². The molecule has 0 radical (unpaired) electrons. The smallest absolute Gasteiger partial charge is 0.242 e. The number of aromatic nitrogens is 4. The average Bonchev–Trinajstić information content (AvgIpc) is 3.19. The van der Waals surface area contributed by atoms with Crippen molar-refractivity contribution in [2.24, 2.45) is 0 Å². The molecule has 0 bridgehead atoms. The molecule has 1 aromatic carbocycles. The Hall–Kier alpha value is -2.48. The number of sulfone groups is 1. The van der Waals surface area contributed by atoms with Crippen molar-refractivity contribution in [3.8, 4) is 5.69 Å². The highest BCUT2D eigenvalue weighted by Crippen LogP contribution is 2.22. The summed E-state index contributed by atoms with van der Waals surface area (Å²) in [6, 6.07) is 5.74. The third-order valence-electron chi connectivity index (χ3n) is 3.86. The highest BCUT2D eigenvalue weighted by Gasteiger charge is 2.25. The third-order valence-corrected chi connectivity index (χ3v) is 5.35. The first kappa shape index (κ1) is 16.4. The molecule has 126 valence electrons. The SMILES string of the molecule is CCc1noc(CS(=O)(=O)c2nccn2-c2cccc(C)c2C)n1. The van der Waals surface area contributed by atoms with Crippen molar-refractivity contribution in [1.29, 1.82) is 0 Å². The van der Waals surface area contributed by atoms with E-state index in [1.54, 1.807) is 10.8 Å². The molecule has 0 N–H and O–H groups in total. The molecule has 0 saturated carbocycles. The molecular weight excluding hydrogens is 328 g/mol. The number of hydrogen-bond donors (Lipinski definition) is 0. The van der Waals surface area contributed by atoms with E-state index in [4.69, 9.17) is 4.52 Å². The van der Waals surface area contributed by atoms with Crippen LogP contribution >= 0.6 is 0 Å². The van der Waals surface area contributed by atoms with Gasteiger partial charge in [0.25, 0.3) is 0 Å². The number of nitrogens with zero attached hydrogens (tertiary/aromatic N) is 4. The fourth-order valence-electron chi connectivity index (χ4n) is 2.42. The number of imidazole rings is 1. The van der Waals surface area contributed by atoms with Gasteiger partial charge in [0.05, 0.1) is 5.69 Å². The second-order valence-corrected chi connectivity index (χ2v) is 7.40. The first-order chi connectivity index (χ1) is 11.4. The van der Waals surface area contributed by atoms with Gasteiger partial charge in [0.15, 0.2) is 5.82 Å². The van der Waals surface area contributed by atoms with Gasteiger partial charge in [-0.2, -0.15) is 4.98 Å². The van der Waals surface area contributed by atoms with Crippen LogP contribution in [0.15, 0.2) is 40.3 Å². The number of hydrogen-bond acceptors (Lipinski definition) is 6. The lowest BCUT2D eigenvalue weighted by Crippen LogP contribution is -2.13. The Bertz CT molecular complexity index is 973. The van der Waals surface area contributed by atoms with Crippen molar-refractivity contribution < 1.29 is 12.9 Å². The normalized spacial score (nSPS) is 11.8. The fraction of sp³-hybridized carbons (Fsp3) is 0.312. The summed E-state index contributed by atoms with van der Waals surface area (Å²) in [4.78, 5) is 8.11. The molecule has 2 heterocycles. The molecule has 0 saturated heterocycles. The van der Waals surface area contributed by atoms with E-state index in [2.05, 4.69) is 15.1 Å². The minimum absolute atomic E-state index is 0.0348. The van der Waals surface area contributed by atoms with Crippen molar-refractivity contribution in [2.45, 2.75) is 38.1 Å². The predicted octanol–water partition coefficient (Wildman–Crippen LogP) is 2.41. The standard InChI is InChI=1S/C16H18N4O3S/c1-4-14-18-15(23-19-14)10-24(21,22)16-17-8-9-20(16)13-7-5-6-11(2)12(13)3/h5-9H,4,10H2,1-3H3. The summed E-state index contributed by atoms with van der Waals surface area (Å²) in [7, 11) is -3.72. The summed E-state index contributed by atoms with van der Waals surface area (Å²) in [6.07, 6.45) is 3.69. The van der Waals surface area contributed by atoms with Crippen LogP contribution in [0, 0.1) is 13.8 Å². The Morgan fingerprint density at radius 3 is 2.75 bits per heavy atom. The molecule has 8 heteroatoms. The topological polar surface area (TPSA) is 90.9 Å². The van der Waals surface area contributed by atoms with Crippen LogP contribution in [0.5, 0.6) is 0 Å². The monoisotopic (exact) mass is 346 g/mol. The maximum atomic E-state index is 12.7. The van der Waals surface area contributed by atoms with Gasteiger partial charge in [0.2, 0.25) is 20.9 Å². The lowest BCUT2D eigenvalue weighted by molar-refractivity contribution is 0.383. The minimum atomic E-state index is -3.72. The van der Waals surface area contributed by atoms with Crippen LogP contribution in [0.1, 0.15) is 29.8 Å². The van der Waals surface area contributed by atoms with E-state index in [1.807, 2.05) is 39.0 Å². The highest BCUT2D eigenvalue weighted by atomic mass is 32.2. The molecule has 3 rings (SSSR count). The molecule has 0 fully saturated rings. The maximum Gasteiger partial charge on any atom is 0.242 e. The van der Waals surface area contributed by atoms with Crippen LogP contribution in [0.4, 0.5) is 0 Å². The van der Waals surface area contributed by atoms with Crippen molar-refractivity contribution in [2.75, 3.05) is 0 Å². The zero-order chi connectivity index (χ0) is 17.3. The van der Waals surface area contributed by atoms with Gasteiger partial charge in [-0.25, -0.2) is 13.4 Å². The number of rotatable bonds is 5. The second kappa shape index (κ2) is 6.20. The Kier molecular flexibility index (Phi) is 4.23. The molecule has 0 aliphatic carbocycles. The first-order valence-corrected chi connectivity index (χ1v) is 9.21. The number of benzene rings is 1. The van der Waals surface area contributed by atoms with Crippen LogP contribution in [-0.4, -0.2) is 28.1 Å². The third kappa shape index (κ3) is 2.96. The van der Waals surface area contributed by atoms with Gasteiger partial charge in [-0.3, -0.25) is 4.57 Å². The zero-order valence-electron chi connectivity index (χ0n) is 13.7. The molecule has 0 unspecified atom stereocenters. The van der Waals surface area contributed by atoms with Gasteiger partial charge in [-0.15, -0.1) is 0 Å². The van der Waals surface area contributed by atoms with E-state index < -0.39 is 9.84 Å². The van der Waals surface area contributed by atoms with Crippen LogP contribution < -0.4 is 0 Å². The second-order valence-electron chi connectivity index (χ2n) is 5.52. The largest absolute Gasteiger partial charge is 0.338 e. The summed E-state index contributed by atoms with van der Waals surface area (Å²) in [5.41, 5.74) is 2.86. The summed E-state index contributed by atoms with van der Waals surface area (Å²) in [5.74, 6) is 0.183. The Labute approximate surface area is 140 Å². The quantitative estimate of drug-likeness (QED) is 0.704. The van der Waals surface area contributed by atoms with Gasteiger partial charge >= 0.3 is 0 Å². The van der Waals surface area contributed by atoms with E-state index in [-0.39, 0.29) is 16.8 Å². The fourth-order valence-corrected chi connectivity index (χ4v) is 3.67. The summed E-state index contributed by atoms with van der Waals surface area (Å²) < 4.78 is 32.1. The lowest BCUT2D eigenvalue weighted by atomic mass is 10.1.